The zero-order valence-electron chi connectivity index (χ0n) is 18.9. The average molecular weight is 463 g/mol. The molecule has 1 aromatic heterocycles. The molecule has 6 rings (SSSR count). The van der Waals surface area contributed by atoms with E-state index in [0.717, 1.165) is 48.1 Å². The number of hydrogen-bond donors (Lipinski definition) is 3. The van der Waals surface area contributed by atoms with E-state index in [0.29, 0.717) is 12.6 Å². The molecule has 1 saturated heterocycles. The summed E-state index contributed by atoms with van der Waals surface area (Å²) < 4.78 is 5.14. The molecule has 3 aliphatic rings. The summed E-state index contributed by atoms with van der Waals surface area (Å²) in [4.78, 5) is 13.7. The van der Waals surface area contributed by atoms with Crippen LogP contribution in [-0.2, 0) is 17.2 Å². The molecule has 8 heteroatoms. The second kappa shape index (κ2) is 8.66. The number of aliphatic hydroxyl groups excluding tert-OH is 1. The van der Waals surface area contributed by atoms with E-state index in [2.05, 4.69) is 64.9 Å². The van der Waals surface area contributed by atoms with Crippen molar-refractivity contribution in [2.75, 3.05) is 35.6 Å². The molecule has 33 heavy (non-hydrogen) atoms. The first kappa shape index (κ1) is 21.0. The van der Waals surface area contributed by atoms with Crippen molar-refractivity contribution in [1.82, 2.24) is 15.3 Å². The number of aryl methyl sites for hydroxylation is 1. The maximum atomic E-state index is 10.4. The van der Waals surface area contributed by atoms with Crippen molar-refractivity contribution in [3.63, 3.8) is 0 Å². The van der Waals surface area contributed by atoms with Crippen LogP contribution in [0.25, 0.3) is 10.9 Å². The van der Waals surface area contributed by atoms with Gasteiger partial charge in [0.2, 0.25) is 5.95 Å². The molecule has 3 N–H and O–H groups in total. The van der Waals surface area contributed by atoms with Crippen molar-refractivity contribution in [1.29, 1.82) is 0 Å². The van der Waals surface area contributed by atoms with E-state index >= 15 is 0 Å². The fourth-order valence-electron chi connectivity index (χ4n) is 4.57. The van der Waals surface area contributed by atoms with Gasteiger partial charge >= 0.3 is 0 Å². The van der Waals surface area contributed by atoms with Gasteiger partial charge in [-0.1, -0.05) is 40.5 Å². The van der Waals surface area contributed by atoms with Gasteiger partial charge in [-0.15, -0.1) is 0 Å². The molecular formula is C25H30N6OS. The fourth-order valence-corrected chi connectivity index (χ4v) is 6.64. The molecule has 3 atom stereocenters. The van der Waals surface area contributed by atoms with Crippen molar-refractivity contribution >= 4 is 33.4 Å². The van der Waals surface area contributed by atoms with Crippen molar-refractivity contribution < 1.29 is 5.11 Å². The number of benzene rings is 2. The molecule has 3 aromatic rings. The molecule has 7 nitrogen and oxygen atoms in total. The summed E-state index contributed by atoms with van der Waals surface area (Å²) in [5.41, 5.74) is 3.41. The van der Waals surface area contributed by atoms with E-state index in [4.69, 9.17) is 14.3 Å². The number of hydrogen-bond acceptors (Lipinski definition) is 7. The van der Waals surface area contributed by atoms with Gasteiger partial charge in [0.1, 0.15) is 5.82 Å². The molecule has 172 valence electrons. The molecule has 1 saturated carbocycles. The first-order valence-electron chi connectivity index (χ1n) is 11.8. The van der Waals surface area contributed by atoms with Crippen LogP contribution >= 0.6 is 0 Å². The Hall–Kier alpha value is -2.55. The zero-order chi connectivity index (χ0) is 22.4. The predicted molar refractivity (Wildman–Crippen MR) is 134 cm³/mol. The van der Waals surface area contributed by atoms with Crippen LogP contribution in [0, 0.1) is 6.92 Å². The Bertz CT molecular complexity index is 1230. The Balaban J connectivity index is 1.39. The smallest absolute Gasteiger partial charge is 0.228 e. The topological polar surface area (TPSA) is 85.7 Å². The van der Waals surface area contributed by atoms with Gasteiger partial charge in [0.05, 0.1) is 23.7 Å². The maximum Gasteiger partial charge on any atom is 0.228 e. The number of rotatable bonds is 4. The largest absolute Gasteiger partial charge is 0.390 e. The van der Waals surface area contributed by atoms with Crippen LogP contribution in [0.2, 0.25) is 0 Å². The minimum Gasteiger partial charge on any atom is -0.390 e. The summed E-state index contributed by atoms with van der Waals surface area (Å²) in [7, 11) is -0.0722. The third-order valence-corrected chi connectivity index (χ3v) is 8.62. The zero-order valence-corrected chi connectivity index (χ0v) is 19.7. The summed E-state index contributed by atoms with van der Waals surface area (Å²) in [6, 6.07) is 15.5. The molecule has 1 aliphatic carbocycles. The summed E-state index contributed by atoms with van der Waals surface area (Å²) in [6.07, 6.45) is 2.04. The number of aromatic nitrogens is 2. The number of anilines is 2. The summed E-state index contributed by atoms with van der Waals surface area (Å²) >= 11 is 0. The Morgan fingerprint density at radius 3 is 2.85 bits per heavy atom. The van der Waals surface area contributed by atoms with E-state index in [9.17, 15) is 5.11 Å². The lowest BCUT2D eigenvalue weighted by molar-refractivity contribution is 0.185. The molecule has 0 spiro atoms. The predicted octanol–water partition coefficient (Wildman–Crippen LogP) is 3.03. The highest BCUT2D eigenvalue weighted by atomic mass is 32.2. The Morgan fingerprint density at radius 2 is 2.03 bits per heavy atom. The molecule has 0 amide bonds. The highest BCUT2D eigenvalue weighted by Gasteiger charge is 2.28. The van der Waals surface area contributed by atoms with Crippen LogP contribution in [0.3, 0.4) is 0 Å². The Kier molecular flexibility index (Phi) is 5.52. The van der Waals surface area contributed by atoms with Crippen molar-refractivity contribution in [2.24, 2.45) is 4.36 Å². The molecule has 2 fully saturated rings. The summed E-state index contributed by atoms with van der Waals surface area (Å²) in [5.74, 6) is 2.53. The van der Waals surface area contributed by atoms with Crippen LogP contribution in [0.1, 0.15) is 24.0 Å². The average Bonchev–Trinajstić information content (AvgIpc) is 3.59. The monoisotopic (exact) mass is 462 g/mol. The van der Waals surface area contributed by atoms with E-state index < -0.39 is 6.10 Å². The highest BCUT2D eigenvalue weighted by Crippen LogP contribution is 2.31. The molecule has 0 bridgehead atoms. The van der Waals surface area contributed by atoms with Crippen LogP contribution < -0.4 is 15.5 Å². The molecule has 1 unspecified atom stereocenters. The number of nitrogens with zero attached hydrogens (tertiary/aromatic N) is 4. The fraction of sp³-hybridized carbons (Fsp3) is 0.440. The highest BCUT2D eigenvalue weighted by molar-refractivity contribution is 7.87. The molecule has 2 aromatic carbocycles. The van der Waals surface area contributed by atoms with Crippen LogP contribution in [0.5, 0.6) is 0 Å². The number of fused-ring (bicyclic) bond motifs is 2. The second-order valence-corrected chi connectivity index (χ2v) is 11.1. The standard InChI is InChI=1S/C25H30N6OS/c1-16-6-9-20-19(12-16)24(27-21-13-26-14-22(21)32)29-25(28-20)31-10-11-33(30-18-7-8-18)23-5-3-2-4-17(23)15-31/h2-6,9,12,18,21-22,26,32H,7-8,10-11,13-15H2,1H3,(H,27,28,29)/t21-,22+,33?/m1/s1. The Morgan fingerprint density at radius 1 is 1.15 bits per heavy atom. The van der Waals surface area contributed by atoms with Crippen molar-refractivity contribution in [3.05, 3.63) is 53.6 Å². The molecule has 0 radical (unpaired) electrons. The molecular weight excluding hydrogens is 432 g/mol. The minimum absolute atomic E-state index is 0.0653. The van der Waals surface area contributed by atoms with Gasteiger partial charge in [-0.3, -0.25) is 4.36 Å². The third-order valence-electron chi connectivity index (χ3n) is 6.59. The molecule has 3 heterocycles. The van der Waals surface area contributed by atoms with Crippen molar-refractivity contribution in [3.8, 4) is 0 Å². The maximum absolute atomic E-state index is 10.4. The summed E-state index contributed by atoms with van der Waals surface area (Å²) in [6.45, 7) is 5.06. The van der Waals surface area contributed by atoms with Gasteiger partial charge < -0.3 is 20.6 Å². The van der Waals surface area contributed by atoms with Gasteiger partial charge in [0.15, 0.2) is 0 Å². The van der Waals surface area contributed by atoms with Gasteiger partial charge in [0.25, 0.3) is 0 Å². The number of nitrogens with one attached hydrogen (secondary N) is 2. The molecule has 2 aliphatic heterocycles. The lowest BCUT2D eigenvalue weighted by atomic mass is 10.1. The number of β-amino-alcohol motifs (C(OH)–C–C–N with tert-alkyl or cyclic N) is 1. The lowest BCUT2D eigenvalue weighted by Gasteiger charge is -2.23. The first-order chi connectivity index (χ1) is 16.1. The first-order valence-corrected chi connectivity index (χ1v) is 13.2. The van der Waals surface area contributed by atoms with Gasteiger partial charge in [-0.05, 0) is 43.5 Å². The van der Waals surface area contributed by atoms with E-state index in [1.54, 1.807) is 0 Å². The SMILES string of the molecule is Cc1ccc2nc(N3CCS(=NC4CC4)c4ccccc4C3)nc(N[C@@H]3CNC[C@@H]3O)c2c1. The normalized spacial score (nSPS) is 25.3. The van der Waals surface area contributed by atoms with Crippen molar-refractivity contribution in [2.45, 2.75) is 49.4 Å². The minimum atomic E-state index is -0.431. The van der Waals surface area contributed by atoms with Crippen LogP contribution in [0.15, 0.2) is 51.7 Å². The summed E-state index contributed by atoms with van der Waals surface area (Å²) in [5, 5.41) is 18.1. The number of aliphatic hydroxyl groups is 1. The Labute approximate surface area is 196 Å². The van der Waals surface area contributed by atoms with E-state index in [-0.39, 0.29) is 16.7 Å². The lowest BCUT2D eigenvalue weighted by Crippen LogP contribution is -2.33. The van der Waals surface area contributed by atoms with Gasteiger partial charge in [-0.25, -0.2) is 4.98 Å². The van der Waals surface area contributed by atoms with Crippen LogP contribution in [-0.4, -0.2) is 58.6 Å². The van der Waals surface area contributed by atoms with E-state index in [1.165, 1.54) is 28.9 Å². The second-order valence-electron chi connectivity index (χ2n) is 9.30. The quantitative estimate of drug-likeness (QED) is 0.553. The van der Waals surface area contributed by atoms with Gasteiger partial charge in [-0.2, -0.15) is 4.98 Å². The van der Waals surface area contributed by atoms with E-state index in [1.807, 2.05) is 0 Å². The van der Waals surface area contributed by atoms with Gasteiger partial charge in [0, 0.05) is 42.2 Å². The third kappa shape index (κ3) is 4.35. The van der Waals surface area contributed by atoms with Crippen LogP contribution in [0.4, 0.5) is 11.8 Å².